The molecule has 0 aliphatic carbocycles. The average molecular weight is 143 g/mol. The van der Waals surface area contributed by atoms with E-state index in [2.05, 4.69) is 49.7 Å². The Morgan fingerprint density at radius 3 is 2.73 bits per heavy atom. The summed E-state index contributed by atoms with van der Waals surface area (Å²) in [6.45, 7) is 4.33. The van der Waals surface area contributed by atoms with Gasteiger partial charge in [-0.15, -0.1) is 0 Å². The van der Waals surface area contributed by atoms with Gasteiger partial charge in [-0.3, -0.25) is 0 Å². The zero-order chi connectivity index (χ0) is 7.84. The number of aryl methyl sites for hydroxylation is 2. The Balaban J connectivity index is 2.92. The molecule has 0 fully saturated rings. The van der Waals surface area contributed by atoms with Gasteiger partial charge in [0.1, 0.15) is 0 Å². The number of para-hydroxylation sites is 1. The van der Waals surface area contributed by atoms with Crippen molar-refractivity contribution in [3.63, 3.8) is 0 Å². The van der Waals surface area contributed by atoms with Gasteiger partial charge in [0, 0.05) is 0 Å². The Bertz CT molecular complexity index is 389. The van der Waals surface area contributed by atoms with Crippen LogP contribution in [0.3, 0.4) is 0 Å². The summed E-state index contributed by atoms with van der Waals surface area (Å²) in [5, 5.41) is 1.33. The number of nitrogens with zero attached hydrogens (tertiary/aromatic N) is 1. The molecule has 1 nitrogen and oxygen atoms in total. The molecule has 0 saturated carbocycles. The summed E-state index contributed by atoms with van der Waals surface area (Å²) in [6, 6.07) is 8.42. The van der Waals surface area contributed by atoms with Crippen LogP contribution in [-0.2, 0) is 7.05 Å². The van der Waals surface area contributed by atoms with E-state index in [4.69, 9.17) is 0 Å². The van der Waals surface area contributed by atoms with Gasteiger partial charge in [0.15, 0.2) is 0 Å². The van der Waals surface area contributed by atoms with Gasteiger partial charge in [-0.05, 0) is 0 Å². The van der Waals surface area contributed by atoms with E-state index in [0.29, 0.717) is 0 Å². The summed E-state index contributed by atoms with van der Waals surface area (Å²) >= 11 is 0. The Kier molecular flexibility index (Phi) is 1.35. The molecule has 0 atom stereocenters. The van der Waals surface area contributed by atoms with E-state index >= 15 is 0 Å². The SMILES string of the molecule is Cc1bc2ccccc2n1C. The maximum absolute atomic E-state index is 2.20. The molecule has 0 saturated heterocycles. The summed E-state index contributed by atoms with van der Waals surface area (Å²) in [7, 11) is 2.09. The Labute approximate surface area is 66.9 Å². The van der Waals surface area contributed by atoms with Crippen molar-refractivity contribution in [1.82, 2.24) is 4.57 Å². The maximum atomic E-state index is 2.20. The molecule has 2 heteroatoms. The van der Waals surface area contributed by atoms with Gasteiger partial charge in [0.25, 0.3) is 0 Å². The predicted molar refractivity (Wildman–Crippen MR) is 49.0 cm³/mol. The van der Waals surface area contributed by atoms with Gasteiger partial charge in [-0.1, -0.05) is 0 Å². The van der Waals surface area contributed by atoms with Crippen molar-refractivity contribution in [2.24, 2.45) is 7.05 Å². The normalized spacial score (nSPS) is 10.4. The first-order chi connectivity index (χ1) is 5.29. The minimum absolute atomic E-state index is 1.31. The minimum atomic E-state index is 1.31. The molecule has 0 bridgehead atoms. The standard InChI is InChI=1S/C9H10BN/c1-7-10-8-5-3-4-6-9(8)11(7)2/h3-6H,1-2H3. The van der Waals surface area contributed by atoms with E-state index in [1.807, 2.05) is 0 Å². The molecule has 0 amide bonds. The van der Waals surface area contributed by atoms with Gasteiger partial charge in [-0.2, -0.15) is 0 Å². The van der Waals surface area contributed by atoms with E-state index in [1.165, 1.54) is 16.4 Å². The molecule has 0 aliphatic heterocycles. The monoisotopic (exact) mass is 143 g/mol. The van der Waals surface area contributed by atoms with Gasteiger partial charge < -0.3 is 0 Å². The van der Waals surface area contributed by atoms with Gasteiger partial charge in [0.05, 0.1) is 0 Å². The van der Waals surface area contributed by atoms with Crippen molar-refractivity contribution in [3.05, 3.63) is 29.9 Å². The fourth-order valence-corrected chi connectivity index (χ4v) is 1.43. The van der Waals surface area contributed by atoms with E-state index in [1.54, 1.807) is 0 Å². The predicted octanol–water partition coefficient (Wildman–Crippen LogP) is 1.82. The van der Waals surface area contributed by atoms with Crippen LogP contribution in [0.4, 0.5) is 0 Å². The van der Waals surface area contributed by atoms with Gasteiger partial charge in [0.2, 0.25) is 0 Å². The number of hydrogen-bond acceptors (Lipinski definition) is 0. The van der Waals surface area contributed by atoms with Crippen molar-refractivity contribution in [1.29, 1.82) is 0 Å². The van der Waals surface area contributed by atoms with Crippen molar-refractivity contribution in [3.8, 4) is 0 Å². The molecule has 2 aromatic rings. The first-order valence-electron chi connectivity index (χ1n) is 3.80. The third-order valence-electron chi connectivity index (χ3n) is 2.19. The number of rotatable bonds is 0. The summed E-state index contributed by atoms with van der Waals surface area (Å²) in [5.74, 6) is 0. The van der Waals surface area contributed by atoms with Crippen LogP contribution >= 0.6 is 0 Å². The molecular weight excluding hydrogens is 133 g/mol. The van der Waals surface area contributed by atoms with Gasteiger partial charge >= 0.3 is 66.1 Å². The van der Waals surface area contributed by atoms with Crippen LogP contribution in [-0.4, -0.2) is 11.5 Å². The molecule has 0 N–H and O–H groups in total. The van der Waals surface area contributed by atoms with Gasteiger partial charge in [-0.25, -0.2) is 0 Å². The number of benzene rings is 1. The fourth-order valence-electron chi connectivity index (χ4n) is 1.43. The number of hydrogen-bond donors (Lipinski definition) is 0. The van der Waals surface area contributed by atoms with Crippen LogP contribution in [0.15, 0.2) is 24.3 Å². The molecule has 54 valence electrons. The Morgan fingerprint density at radius 2 is 2.00 bits per heavy atom. The molecule has 0 aliphatic rings. The third-order valence-corrected chi connectivity index (χ3v) is 2.19. The second kappa shape index (κ2) is 2.23. The van der Waals surface area contributed by atoms with E-state index in [0.717, 1.165) is 0 Å². The first kappa shape index (κ1) is 6.65. The van der Waals surface area contributed by atoms with Crippen LogP contribution in [0, 0.1) is 6.92 Å². The van der Waals surface area contributed by atoms with E-state index < -0.39 is 0 Å². The molecule has 0 unspecified atom stereocenters. The second-order valence-electron chi connectivity index (χ2n) is 2.90. The second-order valence-corrected chi connectivity index (χ2v) is 2.90. The van der Waals surface area contributed by atoms with Crippen LogP contribution in [0.1, 0.15) is 5.59 Å². The summed E-state index contributed by atoms with van der Waals surface area (Å²) in [4.78, 5) is 0. The zero-order valence-corrected chi connectivity index (χ0v) is 6.83. The molecular formula is C9H10BN. The first-order valence-corrected chi connectivity index (χ1v) is 3.80. The fraction of sp³-hybridized carbons (Fsp3) is 0.222. The average Bonchev–Trinajstić information content (AvgIpc) is 2.30. The van der Waals surface area contributed by atoms with Crippen LogP contribution in [0.5, 0.6) is 0 Å². The molecule has 1 heterocycles. The zero-order valence-electron chi connectivity index (χ0n) is 6.83. The number of fused-ring (bicyclic) bond motifs is 1. The quantitative estimate of drug-likeness (QED) is 0.530. The van der Waals surface area contributed by atoms with Crippen LogP contribution in [0.25, 0.3) is 10.8 Å². The van der Waals surface area contributed by atoms with Crippen molar-refractivity contribution in [2.75, 3.05) is 0 Å². The summed E-state index contributed by atoms with van der Waals surface area (Å²) in [6.07, 6.45) is 0. The van der Waals surface area contributed by atoms with Crippen molar-refractivity contribution < 1.29 is 0 Å². The number of aromatic nitrogens is 1. The summed E-state index contributed by atoms with van der Waals surface area (Å²) < 4.78 is 2.20. The van der Waals surface area contributed by atoms with E-state index in [-0.39, 0.29) is 0 Å². The van der Waals surface area contributed by atoms with Crippen LogP contribution in [0.2, 0.25) is 0 Å². The van der Waals surface area contributed by atoms with E-state index in [9.17, 15) is 0 Å². The molecule has 0 radical (unpaired) electrons. The Hall–Kier alpha value is -1.05. The topological polar surface area (TPSA) is 4.93 Å². The van der Waals surface area contributed by atoms with Crippen molar-refractivity contribution >= 4 is 17.7 Å². The molecule has 2 rings (SSSR count). The molecule has 0 spiro atoms. The molecule has 1 aromatic heterocycles. The molecule has 1 aromatic carbocycles. The van der Waals surface area contributed by atoms with Crippen LogP contribution < -0.4 is 0 Å². The third kappa shape index (κ3) is 0.899. The van der Waals surface area contributed by atoms with Crippen molar-refractivity contribution in [2.45, 2.75) is 6.92 Å². The summed E-state index contributed by atoms with van der Waals surface area (Å²) in [5.41, 5.74) is 2.62. The Morgan fingerprint density at radius 1 is 1.27 bits per heavy atom. The molecule has 11 heavy (non-hydrogen) atoms.